The Balaban J connectivity index is 1.59. The minimum atomic E-state index is -0.725. The Labute approximate surface area is 140 Å². The fraction of sp³-hybridized carbons (Fsp3) is 0.158. The summed E-state index contributed by atoms with van der Waals surface area (Å²) in [7, 11) is 0. The van der Waals surface area contributed by atoms with Gasteiger partial charge < -0.3 is 15.2 Å². The van der Waals surface area contributed by atoms with Crippen LogP contribution in [0.25, 0.3) is 10.8 Å². The molecule has 1 aromatic heterocycles. The number of hydrogen-bond donors (Lipinski definition) is 2. The van der Waals surface area contributed by atoms with E-state index >= 15 is 0 Å². The fourth-order valence-electron chi connectivity index (χ4n) is 2.42. The average molecular weight is 319 g/mol. The number of aliphatic hydroxyl groups excluding tert-OH is 1. The third-order valence-corrected chi connectivity index (χ3v) is 3.61. The van der Waals surface area contributed by atoms with Gasteiger partial charge in [-0.2, -0.15) is 5.26 Å². The highest BCUT2D eigenvalue weighted by molar-refractivity contribution is 5.88. The molecule has 5 heteroatoms. The molecule has 0 bridgehead atoms. The lowest BCUT2D eigenvalue weighted by Crippen LogP contribution is -2.26. The van der Waals surface area contributed by atoms with E-state index in [0.29, 0.717) is 11.4 Å². The summed E-state index contributed by atoms with van der Waals surface area (Å²) in [6, 6.07) is 19.2. The first-order chi connectivity index (χ1) is 11.8. The van der Waals surface area contributed by atoms with Gasteiger partial charge >= 0.3 is 0 Å². The molecule has 3 rings (SSSR count). The van der Waals surface area contributed by atoms with E-state index in [9.17, 15) is 5.11 Å². The predicted octanol–water partition coefficient (Wildman–Crippen LogP) is 2.96. The second-order valence-electron chi connectivity index (χ2n) is 5.33. The Kier molecular flexibility index (Phi) is 4.90. The van der Waals surface area contributed by atoms with Crippen molar-refractivity contribution in [1.29, 1.82) is 5.26 Å². The first-order valence-electron chi connectivity index (χ1n) is 7.65. The molecule has 0 saturated carbocycles. The van der Waals surface area contributed by atoms with Crippen LogP contribution in [0.4, 0.5) is 5.82 Å². The molecule has 0 aliphatic rings. The Morgan fingerprint density at radius 1 is 1.12 bits per heavy atom. The summed E-state index contributed by atoms with van der Waals surface area (Å²) in [5, 5.41) is 24.2. The summed E-state index contributed by atoms with van der Waals surface area (Å²) in [6.45, 7) is 0.395. The van der Waals surface area contributed by atoms with Gasteiger partial charge in [0.1, 0.15) is 30.3 Å². The van der Waals surface area contributed by atoms with Crippen molar-refractivity contribution in [3.05, 3.63) is 66.4 Å². The number of nitrogens with zero attached hydrogens (tertiary/aromatic N) is 2. The van der Waals surface area contributed by atoms with E-state index in [1.165, 1.54) is 0 Å². The molecule has 0 amide bonds. The summed E-state index contributed by atoms with van der Waals surface area (Å²) in [4.78, 5) is 4.10. The van der Waals surface area contributed by atoms with Gasteiger partial charge in [-0.05, 0) is 23.6 Å². The first-order valence-corrected chi connectivity index (χ1v) is 7.65. The molecule has 0 radical (unpaired) electrons. The second kappa shape index (κ2) is 7.44. The number of benzene rings is 2. The zero-order valence-electron chi connectivity index (χ0n) is 13.0. The fourth-order valence-corrected chi connectivity index (χ4v) is 2.42. The quantitative estimate of drug-likeness (QED) is 0.730. The number of nitrogens with one attached hydrogen (secondary N) is 1. The Bertz CT molecular complexity index is 868. The van der Waals surface area contributed by atoms with Crippen LogP contribution in [0, 0.1) is 11.3 Å². The number of aliphatic hydroxyl groups is 1. The molecular formula is C19H17N3O2. The van der Waals surface area contributed by atoms with Crippen molar-refractivity contribution in [2.45, 2.75) is 6.10 Å². The molecule has 2 aromatic carbocycles. The van der Waals surface area contributed by atoms with Gasteiger partial charge in [0.25, 0.3) is 0 Å². The highest BCUT2D eigenvalue weighted by Crippen LogP contribution is 2.25. The van der Waals surface area contributed by atoms with Crippen LogP contribution < -0.4 is 10.1 Å². The smallest absolute Gasteiger partial charge is 0.143 e. The van der Waals surface area contributed by atoms with Crippen LogP contribution in [0.1, 0.15) is 5.56 Å². The molecule has 0 unspecified atom stereocenters. The Morgan fingerprint density at radius 2 is 1.96 bits per heavy atom. The predicted molar refractivity (Wildman–Crippen MR) is 92.9 cm³/mol. The molecule has 0 aliphatic carbocycles. The molecule has 1 heterocycles. The topological polar surface area (TPSA) is 78.2 Å². The van der Waals surface area contributed by atoms with Crippen molar-refractivity contribution in [3.8, 4) is 11.8 Å². The molecule has 24 heavy (non-hydrogen) atoms. The van der Waals surface area contributed by atoms with Gasteiger partial charge in [0, 0.05) is 18.1 Å². The number of nitriles is 1. The summed E-state index contributed by atoms with van der Waals surface area (Å²) < 4.78 is 5.75. The van der Waals surface area contributed by atoms with Gasteiger partial charge in [0.15, 0.2) is 0 Å². The van der Waals surface area contributed by atoms with E-state index in [1.807, 2.05) is 42.5 Å². The monoisotopic (exact) mass is 319 g/mol. The number of pyridine rings is 1. The van der Waals surface area contributed by atoms with Gasteiger partial charge in [-0.3, -0.25) is 0 Å². The summed E-state index contributed by atoms with van der Waals surface area (Å²) in [5.41, 5.74) is 0.444. The van der Waals surface area contributed by atoms with E-state index in [-0.39, 0.29) is 13.2 Å². The largest absolute Gasteiger partial charge is 0.490 e. The van der Waals surface area contributed by atoms with Crippen LogP contribution in [0.15, 0.2) is 60.8 Å². The lowest BCUT2D eigenvalue weighted by atomic mass is 10.1. The van der Waals surface area contributed by atoms with E-state index in [2.05, 4.69) is 16.4 Å². The zero-order valence-corrected chi connectivity index (χ0v) is 13.0. The van der Waals surface area contributed by atoms with E-state index in [0.717, 1.165) is 16.5 Å². The minimum absolute atomic E-state index is 0.149. The van der Waals surface area contributed by atoms with Crippen molar-refractivity contribution in [1.82, 2.24) is 4.98 Å². The van der Waals surface area contributed by atoms with Gasteiger partial charge in [-0.15, -0.1) is 0 Å². The van der Waals surface area contributed by atoms with Gasteiger partial charge in [0.05, 0.1) is 5.56 Å². The number of fused-ring (bicyclic) bond motifs is 1. The van der Waals surface area contributed by atoms with Crippen molar-refractivity contribution < 1.29 is 9.84 Å². The summed E-state index contributed by atoms with van der Waals surface area (Å²) >= 11 is 0. The molecule has 0 saturated heterocycles. The summed E-state index contributed by atoms with van der Waals surface area (Å²) in [5.74, 6) is 1.20. The van der Waals surface area contributed by atoms with Crippen LogP contribution in [0.5, 0.6) is 5.75 Å². The van der Waals surface area contributed by atoms with Crippen molar-refractivity contribution >= 4 is 16.6 Å². The van der Waals surface area contributed by atoms with Crippen LogP contribution in [0.3, 0.4) is 0 Å². The van der Waals surface area contributed by atoms with Crippen molar-refractivity contribution in [2.75, 3.05) is 18.5 Å². The van der Waals surface area contributed by atoms with Crippen molar-refractivity contribution in [3.63, 3.8) is 0 Å². The van der Waals surface area contributed by atoms with Gasteiger partial charge in [0.2, 0.25) is 0 Å². The molecule has 2 N–H and O–H groups in total. The number of hydrogen-bond acceptors (Lipinski definition) is 5. The van der Waals surface area contributed by atoms with E-state index in [4.69, 9.17) is 10.00 Å². The highest BCUT2D eigenvalue weighted by atomic mass is 16.5. The zero-order chi connectivity index (χ0) is 16.8. The first kappa shape index (κ1) is 15.8. The average Bonchev–Trinajstić information content (AvgIpc) is 2.64. The minimum Gasteiger partial charge on any atom is -0.490 e. The standard InChI is InChI=1S/C19H17N3O2/c20-11-15-7-4-10-21-19(15)22-12-16(23)13-24-18-9-3-6-14-5-1-2-8-17(14)18/h1-10,16,23H,12-13H2,(H,21,22)/t16-/m1/s1. The van der Waals surface area contributed by atoms with E-state index in [1.54, 1.807) is 18.3 Å². The molecule has 0 aliphatic heterocycles. The van der Waals surface area contributed by atoms with Gasteiger partial charge in [-0.1, -0.05) is 36.4 Å². The number of ether oxygens (including phenoxy) is 1. The Hall–Kier alpha value is -3.10. The normalized spacial score (nSPS) is 11.7. The summed E-state index contributed by atoms with van der Waals surface area (Å²) in [6.07, 6.45) is 0.875. The third-order valence-electron chi connectivity index (χ3n) is 3.61. The Morgan fingerprint density at radius 3 is 2.83 bits per heavy atom. The van der Waals surface area contributed by atoms with Gasteiger partial charge in [-0.25, -0.2) is 4.98 Å². The van der Waals surface area contributed by atoms with Crippen LogP contribution in [-0.2, 0) is 0 Å². The molecule has 120 valence electrons. The molecule has 5 nitrogen and oxygen atoms in total. The number of rotatable bonds is 6. The molecule has 0 spiro atoms. The molecule has 3 aromatic rings. The lowest BCUT2D eigenvalue weighted by molar-refractivity contribution is 0.118. The molecular weight excluding hydrogens is 302 g/mol. The highest BCUT2D eigenvalue weighted by Gasteiger charge is 2.09. The maximum absolute atomic E-state index is 10.1. The van der Waals surface area contributed by atoms with Crippen LogP contribution in [-0.4, -0.2) is 29.3 Å². The number of aromatic nitrogens is 1. The number of anilines is 1. The van der Waals surface area contributed by atoms with Crippen LogP contribution in [0.2, 0.25) is 0 Å². The maximum atomic E-state index is 10.1. The second-order valence-corrected chi connectivity index (χ2v) is 5.33. The van der Waals surface area contributed by atoms with Crippen molar-refractivity contribution in [2.24, 2.45) is 0 Å². The third kappa shape index (κ3) is 3.62. The maximum Gasteiger partial charge on any atom is 0.143 e. The molecule has 1 atom stereocenters. The lowest BCUT2D eigenvalue weighted by Gasteiger charge is -2.15. The van der Waals surface area contributed by atoms with E-state index < -0.39 is 6.10 Å². The molecule has 0 fully saturated rings. The van der Waals surface area contributed by atoms with Crippen LogP contribution >= 0.6 is 0 Å². The SMILES string of the molecule is N#Cc1cccnc1NC[C@@H](O)COc1cccc2ccccc12.